The first kappa shape index (κ1) is 26.7. The Hall–Kier alpha value is -2.50. The van der Waals surface area contributed by atoms with Crippen LogP contribution in [0.15, 0.2) is 115 Å². The summed E-state index contributed by atoms with van der Waals surface area (Å²) < 4.78 is 3.56. The molecule has 0 radical (unpaired) electrons. The van der Waals surface area contributed by atoms with Crippen LogP contribution in [0.25, 0.3) is 16.3 Å². The Bertz CT molecular complexity index is 1630. The molecule has 3 aromatic rings. The molecule has 2 nitrogen and oxygen atoms in total. The molecule has 39 heavy (non-hydrogen) atoms. The largest absolute Gasteiger partial charge is 0.338 e. The van der Waals surface area contributed by atoms with Gasteiger partial charge in [0.15, 0.2) is 0 Å². The van der Waals surface area contributed by atoms with Gasteiger partial charge in [0.1, 0.15) is 11.7 Å². The smallest absolute Gasteiger partial charge is 0.262 e. The van der Waals surface area contributed by atoms with Crippen molar-refractivity contribution in [3.8, 4) is 0 Å². The Morgan fingerprint density at radius 2 is 1.56 bits per heavy atom. The molecule has 3 aliphatic rings. The highest BCUT2D eigenvalue weighted by molar-refractivity contribution is 8.03. The van der Waals surface area contributed by atoms with Crippen molar-refractivity contribution in [2.45, 2.75) is 43.4 Å². The summed E-state index contributed by atoms with van der Waals surface area (Å²) in [5.41, 5.74) is 7.37. The minimum Gasteiger partial charge on any atom is -0.338 e. The Morgan fingerprint density at radius 3 is 2.38 bits per heavy atom. The highest BCUT2D eigenvalue weighted by Gasteiger charge is 2.23. The normalized spacial score (nSPS) is 21.4. The third-order valence-corrected chi connectivity index (χ3v) is 10.9. The van der Waals surface area contributed by atoms with Gasteiger partial charge in [-0.05, 0) is 85.1 Å². The topological polar surface area (TPSA) is 7.12 Å². The predicted octanol–water partition coefficient (Wildman–Crippen LogP) is 10.0. The van der Waals surface area contributed by atoms with Crippen LogP contribution in [0.5, 0.6) is 0 Å². The molecule has 2 aromatic carbocycles. The van der Waals surface area contributed by atoms with Gasteiger partial charge in [0, 0.05) is 34.2 Å². The van der Waals surface area contributed by atoms with E-state index in [0.717, 1.165) is 48.6 Å². The number of hydrogen-bond acceptors (Lipinski definition) is 3. The number of nitrogens with zero attached hydrogens (tertiary/aromatic N) is 2. The number of thioether (sulfide) groups is 1. The van der Waals surface area contributed by atoms with Crippen LogP contribution in [-0.4, -0.2) is 7.05 Å². The van der Waals surface area contributed by atoms with Crippen LogP contribution >= 0.6 is 46.3 Å². The summed E-state index contributed by atoms with van der Waals surface area (Å²) in [6.45, 7) is 0. The van der Waals surface area contributed by atoms with E-state index in [-0.39, 0.29) is 0 Å². The summed E-state index contributed by atoms with van der Waals surface area (Å²) >= 11 is 17.5. The summed E-state index contributed by atoms with van der Waals surface area (Å²) in [4.78, 5) is 3.56. The maximum Gasteiger partial charge on any atom is 0.262 e. The maximum absolute atomic E-state index is 6.95. The van der Waals surface area contributed by atoms with E-state index in [1.54, 1.807) is 0 Å². The van der Waals surface area contributed by atoms with Crippen LogP contribution in [0.3, 0.4) is 0 Å². The molecule has 0 amide bonds. The third kappa shape index (κ3) is 5.45. The second-order valence-corrected chi connectivity index (χ2v) is 13.1. The molecule has 6 heteroatoms. The van der Waals surface area contributed by atoms with Crippen LogP contribution in [0.2, 0.25) is 0 Å². The lowest BCUT2D eigenvalue weighted by Gasteiger charge is -2.19. The van der Waals surface area contributed by atoms with Crippen molar-refractivity contribution in [3.05, 3.63) is 115 Å². The highest BCUT2D eigenvalue weighted by Crippen LogP contribution is 2.46. The lowest BCUT2D eigenvalue weighted by atomic mass is 9.93. The van der Waals surface area contributed by atoms with Crippen LogP contribution in [0.4, 0.5) is 5.69 Å². The fourth-order valence-corrected chi connectivity index (χ4v) is 8.29. The van der Waals surface area contributed by atoms with Gasteiger partial charge in [-0.25, -0.2) is 0 Å². The van der Waals surface area contributed by atoms with Crippen molar-refractivity contribution in [2.24, 2.45) is 7.05 Å². The molecule has 0 unspecified atom stereocenters. The van der Waals surface area contributed by atoms with E-state index < -0.39 is 0 Å². The number of fused-ring (bicyclic) bond motifs is 2. The van der Waals surface area contributed by atoms with Crippen LogP contribution in [0.1, 0.15) is 43.5 Å². The molecule has 0 bridgehead atoms. The molecular formula is C33H31Cl2N2S2+. The lowest BCUT2D eigenvalue weighted by Crippen LogP contribution is -2.29. The monoisotopic (exact) mass is 589 g/mol. The highest BCUT2D eigenvalue weighted by atomic mass is 35.5. The van der Waals surface area contributed by atoms with E-state index in [9.17, 15) is 0 Å². The van der Waals surface area contributed by atoms with Crippen molar-refractivity contribution in [2.75, 3.05) is 11.9 Å². The number of benzene rings is 2. The lowest BCUT2D eigenvalue weighted by molar-refractivity contribution is -0.642. The van der Waals surface area contributed by atoms with E-state index >= 15 is 0 Å². The third-order valence-electron chi connectivity index (χ3n) is 7.65. The van der Waals surface area contributed by atoms with Gasteiger partial charge < -0.3 is 4.90 Å². The van der Waals surface area contributed by atoms with Crippen molar-refractivity contribution in [1.82, 2.24) is 0 Å². The van der Waals surface area contributed by atoms with E-state index in [1.165, 1.54) is 53.1 Å². The van der Waals surface area contributed by atoms with Crippen LogP contribution < -0.4 is 9.47 Å². The Balaban J connectivity index is 1.23. The Labute approximate surface area is 249 Å². The van der Waals surface area contributed by atoms with E-state index in [2.05, 4.69) is 102 Å². The first-order valence-corrected chi connectivity index (χ1v) is 15.8. The first-order valence-electron chi connectivity index (χ1n) is 13.5. The summed E-state index contributed by atoms with van der Waals surface area (Å²) in [7, 11) is 4.26. The van der Waals surface area contributed by atoms with Gasteiger partial charge in [-0.3, -0.25) is 0 Å². The number of hydrogen-bond donors (Lipinski definition) is 0. The fourth-order valence-electron chi connectivity index (χ4n) is 5.45. The zero-order valence-electron chi connectivity index (χ0n) is 22.2. The molecule has 0 spiro atoms. The quantitative estimate of drug-likeness (QED) is 0.279. The number of anilines is 1. The molecule has 0 saturated heterocycles. The minimum atomic E-state index is 0.893. The van der Waals surface area contributed by atoms with Crippen LogP contribution in [-0.2, 0) is 7.05 Å². The second kappa shape index (κ2) is 11.5. The molecule has 1 aromatic heterocycles. The molecular weight excluding hydrogens is 559 g/mol. The van der Waals surface area contributed by atoms with Gasteiger partial charge in [0.05, 0.1) is 10.7 Å². The molecule has 0 fully saturated rings. The zero-order valence-corrected chi connectivity index (χ0v) is 25.4. The molecule has 2 heterocycles. The van der Waals surface area contributed by atoms with Gasteiger partial charge in [-0.1, -0.05) is 88.8 Å². The maximum atomic E-state index is 6.95. The summed E-state index contributed by atoms with van der Waals surface area (Å²) in [5.74, 6) is 0. The number of halogens is 2. The van der Waals surface area contributed by atoms with Crippen molar-refractivity contribution in [1.29, 1.82) is 0 Å². The van der Waals surface area contributed by atoms with Crippen molar-refractivity contribution >= 4 is 68.3 Å². The number of para-hydroxylation sites is 2. The van der Waals surface area contributed by atoms with Crippen molar-refractivity contribution < 1.29 is 4.57 Å². The number of rotatable bonds is 4. The summed E-state index contributed by atoms with van der Waals surface area (Å²) in [5, 5.41) is 4.24. The van der Waals surface area contributed by atoms with E-state index in [4.69, 9.17) is 23.2 Å². The molecule has 0 N–H and O–H groups in total. The molecule has 6 rings (SSSR count). The van der Waals surface area contributed by atoms with Gasteiger partial charge in [-0.15, -0.1) is 0 Å². The average molecular weight is 591 g/mol. The minimum absolute atomic E-state index is 0.893. The number of thiazole rings is 1. The number of aryl methyl sites for hydroxylation is 1. The molecule has 0 saturated carbocycles. The molecule has 198 valence electrons. The average Bonchev–Trinajstić information content (AvgIpc) is 3.44. The number of aromatic nitrogens is 1. The molecule has 2 aliphatic carbocycles. The van der Waals surface area contributed by atoms with Crippen molar-refractivity contribution in [3.63, 3.8) is 0 Å². The first-order chi connectivity index (χ1) is 19.0. The van der Waals surface area contributed by atoms with Gasteiger partial charge >= 0.3 is 0 Å². The van der Waals surface area contributed by atoms with Gasteiger partial charge in [0.25, 0.3) is 5.01 Å². The Kier molecular flexibility index (Phi) is 7.91. The second-order valence-electron chi connectivity index (χ2n) is 10.2. The zero-order chi connectivity index (χ0) is 26.9. The molecule has 0 atom stereocenters. The summed E-state index contributed by atoms with van der Waals surface area (Å²) in [6.07, 6.45) is 17.3. The number of allylic oxidation sites excluding steroid dienone is 10. The van der Waals surface area contributed by atoms with Gasteiger partial charge in [0.2, 0.25) is 5.52 Å². The summed E-state index contributed by atoms with van der Waals surface area (Å²) in [6, 6.07) is 17.1. The van der Waals surface area contributed by atoms with E-state index in [1.807, 2.05) is 23.1 Å². The van der Waals surface area contributed by atoms with E-state index in [0.29, 0.717) is 0 Å². The predicted molar refractivity (Wildman–Crippen MR) is 170 cm³/mol. The molecule has 1 aliphatic heterocycles. The van der Waals surface area contributed by atoms with Crippen LogP contribution in [0, 0.1) is 0 Å². The SMILES string of the molecule is CN1C(=CC2=C(Cl)C(=CC=CC3=C(Cl)C(=Cc4sc5ccccc5[n+]4C)CCC3)CCC2)Sc2ccccc21. The Morgan fingerprint density at radius 1 is 0.846 bits per heavy atom. The fraction of sp³-hybridized carbons (Fsp3) is 0.242. The standard InChI is InChI=1S/C33H31Cl2N2S2/c1-36-26-16-3-5-18-28(26)38-30(36)20-24-14-8-12-22(32(24)34)10-7-11-23-13-9-15-25(33(23)35)21-31-37(2)27-17-4-6-19-29(27)39-31/h3-7,10-11,16-21H,8-9,12-15H2,1-2H3/q+1. The van der Waals surface area contributed by atoms with Gasteiger partial charge in [-0.2, -0.15) is 4.57 Å².